The van der Waals surface area contributed by atoms with Crippen molar-refractivity contribution in [2.45, 2.75) is 6.92 Å². The number of amidine groups is 1. The molecular weight excluding hydrogens is 276 g/mol. The molecule has 1 saturated heterocycles. The molecule has 0 aliphatic carbocycles. The summed E-state index contributed by atoms with van der Waals surface area (Å²) >= 11 is 0. The van der Waals surface area contributed by atoms with Gasteiger partial charge in [0.2, 0.25) is 0 Å². The predicted molar refractivity (Wildman–Crippen MR) is 85.3 cm³/mol. The largest absolute Gasteiger partial charge is 0.325 e. The number of nitrogens with one attached hydrogen (secondary N) is 2. The monoisotopic (exact) mass is 292 g/mol. The molecule has 0 bridgehead atoms. The summed E-state index contributed by atoms with van der Waals surface area (Å²) < 4.78 is 0. The van der Waals surface area contributed by atoms with Crippen LogP contribution < -0.4 is 10.9 Å². The van der Waals surface area contributed by atoms with Crippen LogP contribution in [0.3, 0.4) is 0 Å². The lowest BCUT2D eigenvalue weighted by Crippen LogP contribution is -2.38. The Bertz CT molecular complexity index is 773. The molecule has 3 aliphatic rings. The Hall–Kier alpha value is -2.82. The van der Waals surface area contributed by atoms with Crippen molar-refractivity contribution in [3.8, 4) is 0 Å². The van der Waals surface area contributed by atoms with Crippen molar-refractivity contribution in [2.24, 2.45) is 10.9 Å². The van der Waals surface area contributed by atoms with Crippen LogP contribution >= 0.6 is 0 Å². The van der Waals surface area contributed by atoms with E-state index in [0.29, 0.717) is 5.84 Å². The summed E-state index contributed by atoms with van der Waals surface area (Å²) in [6.07, 6.45) is 8.09. The Balaban J connectivity index is 1.85. The van der Waals surface area contributed by atoms with Crippen LogP contribution in [-0.4, -0.2) is 23.2 Å². The molecule has 0 spiro atoms. The van der Waals surface area contributed by atoms with Gasteiger partial charge >= 0.3 is 0 Å². The fourth-order valence-corrected chi connectivity index (χ4v) is 2.97. The highest BCUT2D eigenvalue weighted by atomic mass is 16.2. The number of rotatable bonds is 1. The standard InChI is InChI=1S/C17H16N4O/c1-11-5-4-6-12(9-11)10-13-15-16(19-20-17(15)22)18-14-7-2-3-8-21(13)14/h2-7,9-10,15H,8H2,1H3,(H,18,19)(H,20,22). The van der Waals surface area contributed by atoms with Crippen molar-refractivity contribution >= 4 is 17.8 Å². The topological polar surface area (TPSA) is 56.7 Å². The molecule has 0 radical (unpaired) electrons. The number of fused-ring (bicyclic) bond motifs is 2. The molecular formula is C17H16N4O. The summed E-state index contributed by atoms with van der Waals surface area (Å²) in [5.41, 5.74) is 8.79. The average Bonchev–Trinajstić information content (AvgIpc) is 2.88. The molecule has 110 valence electrons. The second kappa shape index (κ2) is 4.87. The van der Waals surface area contributed by atoms with Gasteiger partial charge in [-0.15, -0.1) is 0 Å². The number of hydrazine groups is 1. The van der Waals surface area contributed by atoms with Crippen molar-refractivity contribution in [1.82, 2.24) is 15.8 Å². The number of aryl methyl sites for hydroxylation is 1. The first-order chi connectivity index (χ1) is 10.7. The van der Waals surface area contributed by atoms with Gasteiger partial charge in [-0.25, -0.2) is 4.99 Å². The summed E-state index contributed by atoms with van der Waals surface area (Å²) in [7, 11) is 0. The maximum atomic E-state index is 12.2. The van der Waals surface area contributed by atoms with Crippen LogP contribution in [0.15, 0.2) is 59.0 Å². The van der Waals surface area contributed by atoms with Crippen molar-refractivity contribution in [2.75, 3.05) is 6.54 Å². The van der Waals surface area contributed by atoms with Crippen molar-refractivity contribution in [3.63, 3.8) is 0 Å². The molecule has 3 heterocycles. The number of hydrogen-bond donors (Lipinski definition) is 2. The van der Waals surface area contributed by atoms with Crippen LogP contribution in [0.5, 0.6) is 0 Å². The summed E-state index contributed by atoms with van der Waals surface area (Å²) in [4.78, 5) is 18.8. The molecule has 1 atom stereocenters. The molecule has 22 heavy (non-hydrogen) atoms. The van der Waals surface area contributed by atoms with E-state index >= 15 is 0 Å². The second-order valence-electron chi connectivity index (χ2n) is 5.59. The highest BCUT2D eigenvalue weighted by molar-refractivity contribution is 6.12. The zero-order valence-corrected chi connectivity index (χ0v) is 12.2. The summed E-state index contributed by atoms with van der Waals surface area (Å²) in [6.45, 7) is 2.79. The molecule has 5 nitrogen and oxygen atoms in total. The van der Waals surface area contributed by atoms with E-state index < -0.39 is 0 Å². The van der Waals surface area contributed by atoms with E-state index in [1.807, 2.05) is 18.2 Å². The fourth-order valence-electron chi connectivity index (χ4n) is 2.97. The third kappa shape index (κ3) is 2.02. The smallest absolute Gasteiger partial charge is 0.255 e. The Morgan fingerprint density at radius 3 is 3.14 bits per heavy atom. The Morgan fingerprint density at radius 2 is 2.27 bits per heavy atom. The van der Waals surface area contributed by atoms with Crippen LogP contribution in [0.2, 0.25) is 0 Å². The molecule has 1 aromatic rings. The van der Waals surface area contributed by atoms with E-state index in [0.717, 1.165) is 23.6 Å². The fraction of sp³-hybridized carbons (Fsp3) is 0.176. The first-order valence-electron chi connectivity index (χ1n) is 7.29. The number of amides is 1. The van der Waals surface area contributed by atoms with Gasteiger partial charge in [0.05, 0.1) is 0 Å². The average molecular weight is 292 g/mol. The van der Waals surface area contributed by atoms with Gasteiger partial charge in [0.25, 0.3) is 5.91 Å². The third-order valence-corrected chi connectivity index (χ3v) is 3.99. The number of nitrogens with zero attached hydrogens (tertiary/aromatic N) is 2. The van der Waals surface area contributed by atoms with Crippen molar-refractivity contribution < 1.29 is 4.79 Å². The molecule has 0 saturated carbocycles. The predicted octanol–water partition coefficient (Wildman–Crippen LogP) is 1.71. The van der Waals surface area contributed by atoms with E-state index in [-0.39, 0.29) is 11.8 Å². The summed E-state index contributed by atoms with van der Waals surface area (Å²) in [6, 6.07) is 8.25. The molecule has 0 aromatic heterocycles. The summed E-state index contributed by atoms with van der Waals surface area (Å²) in [5.74, 6) is 1.09. The van der Waals surface area contributed by atoms with Crippen LogP contribution in [0.1, 0.15) is 11.1 Å². The number of carbonyl (C=O) groups excluding carboxylic acids is 1. The number of carbonyl (C=O) groups is 1. The Morgan fingerprint density at radius 1 is 1.36 bits per heavy atom. The van der Waals surface area contributed by atoms with E-state index in [2.05, 4.69) is 58.0 Å². The van der Waals surface area contributed by atoms with E-state index in [4.69, 9.17) is 0 Å². The minimum Gasteiger partial charge on any atom is -0.325 e. The first kappa shape index (κ1) is 12.9. The van der Waals surface area contributed by atoms with Gasteiger partial charge < -0.3 is 4.90 Å². The van der Waals surface area contributed by atoms with E-state index in [1.165, 1.54) is 5.56 Å². The molecule has 1 aromatic carbocycles. The van der Waals surface area contributed by atoms with Gasteiger partial charge in [-0.05, 0) is 24.6 Å². The zero-order valence-electron chi connectivity index (χ0n) is 12.2. The Kier molecular flexibility index (Phi) is 2.85. The number of hydrogen-bond acceptors (Lipinski definition) is 4. The minimum absolute atomic E-state index is 0.0637. The van der Waals surface area contributed by atoms with Gasteiger partial charge in [0, 0.05) is 12.2 Å². The van der Waals surface area contributed by atoms with Crippen LogP contribution in [-0.2, 0) is 4.79 Å². The first-order valence-corrected chi connectivity index (χ1v) is 7.29. The van der Waals surface area contributed by atoms with Gasteiger partial charge in [0.15, 0.2) is 0 Å². The van der Waals surface area contributed by atoms with E-state index in [1.54, 1.807) is 0 Å². The number of benzene rings is 1. The quantitative estimate of drug-likeness (QED) is 0.828. The van der Waals surface area contributed by atoms with E-state index in [9.17, 15) is 4.79 Å². The number of aliphatic imine (C=N–C) groups is 1. The highest BCUT2D eigenvalue weighted by Crippen LogP contribution is 2.32. The lowest BCUT2D eigenvalue weighted by Gasteiger charge is -2.34. The molecule has 3 aliphatic heterocycles. The van der Waals surface area contributed by atoms with Gasteiger partial charge in [-0.3, -0.25) is 15.6 Å². The SMILES string of the molecule is Cc1cccc(C=C2C3C(=O)NNC3=NC3=CC=CCN32)c1. The normalized spacial score (nSPS) is 24.2. The van der Waals surface area contributed by atoms with Crippen molar-refractivity contribution in [3.05, 3.63) is 65.1 Å². The lowest BCUT2D eigenvalue weighted by molar-refractivity contribution is -0.121. The Labute approximate surface area is 128 Å². The maximum Gasteiger partial charge on any atom is 0.255 e. The van der Waals surface area contributed by atoms with Gasteiger partial charge in [0.1, 0.15) is 17.6 Å². The van der Waals surface area contributed by atoms with Gasteiger partial charge in [-0.2, -0.15) is 0 Å². The minimum atomic E-state index is -0.371. The zero-order chi connectivity index (χ0) is 15.1. The summed E-state index contributed by atoms with van der Waals surface area (Å²) in [5, 5.41) is 0. The highest BCUT2D eigenvalue weighted by Gasteiger charge is 2.41. The molecule has 2 N–H and O–H groups in total. The molecule has 5 heteroatoms. The van der Waals surface area contributed by atoms with Crippen LogP contribution in [0.25, 0.3) is 6.08 Å². The number of allylic oxidation sites excluding steroid dienone is 2. The van der Waals surface area contributed by atoms with Crippen LogP contribution in [0, 0.1) is 12.8 Å². The molecule has 1 amide bonds. The van der Waals surface area contributed by atoms with Crippen molar-refractivity contribution in [1.29, 1.82) is 0 Å². The molecule has 1 fully saturated rings. The lowest BCUT2D eigenvalue weighted by atomic mass is 9.97. The second-order valence-corrected chi connectivity index (χ2v) is 5.59. The van der Waals surface area contributed by atoms with Crippen LogP contribution in [0.4, 0.5) is 0 Å². The maximum absolute atomic E-state index is 12.2. The van der Waals surface area contributed by atoms with Gasteiger partial charge in [-0.1, -0.05) is 42.0 Å². The molecule has 4 rings (SSSR count). The molecule has 1 unspecified atom stereocenters. The third-order valence-electron chi connectivity index (χ3n) is 3.99.